The average Bonchev–Trinajstić information content (AvgIpc) is 2.77. The van der Waals surface area contributed by atoms with Crippen LogP contribution in [-0.2, 0) is 16.8 Å². The van der Waals surface area contributed by atoms with Crippen molar-refractivity contribution in [1.82, 2.24) is 0 Å². The Hall–Kier alpha value is -1.50. The fourth-order valence-corrected chi connectivity index (χ4v) is 2.86. The van der Waals surface area contributed by atoms with Crippen LogP contribution < -0.4 is 4.74 Å². The molecule has 4 nitrogen and oxygen atoms in total. The zero-order valence-electron chi connectivity index (χ0n) is 9.20. The summed E-state index contributed by atoms with van der Waals surface area (Å²) in [5.41, 5.74) is 0.429. The van der Waals surface area contributed by atoms with Gasteiger partial charge in [-0.3, -0.25) is 4.21 Å². The standard InChI is InChI=1S/C12H10O4S2/c13-12(9-4-2-1-3-5-9)16-10-6-7-17-11(10)8-18(14)15/h1-7H,8H2,(H,14,15)/p-1. The molecule has 1 unspecified atom stereocenters. The molecule has 0 N–H and O–H groups in total. The lowest BCUT2D eigenvalue weighted by atomic mass is 10.2. The molecule has 0 spiro atoms. The van der Waals surface area contributed by atoms with Crippen LogP contribution in [0.2, 0.25) is 0 Å². The van der Waals surface area contributed by atoms with Crippen molar-refractivity contribution in [3.8, 4) is 5.75 Å². The topological polar surface area (TPSA) is 66.4 Å². The maximum atomic E-state index is 11.8. The van der Waals surface area contributed by atoms with Crippen molar-refractivity contribution >= 4 is 28.4 Å². The number of hydrogen-bond acceptors (Lipinski definition) is 5. The van der Waals surface area contributed by atoms with Crippen molar-refractivity contribution in [3.05, 3.63) is 52.2 Å². The van der Waals surface area contributed by atoms with Gasteiger partial charge in [0, 0.05) is 5.75 Å². The van der Waals surface area contributed by atoms with Crippen LogP contribution in [0.1, 0.15) is 15.2 Å². The molecular weight excluding hydrogens is 272 g/mol. The van der Waals surface area contributed by atoms with E-state index in [1.807, 2.05) is 0 Å². The van der Waals surface area contributed by atoms with Crippen molar-refractivity contribution in [2.24, 2.45) is 0 Å². The summed E-state index contributed by atoms with van der Waals surface area (Å²) in [6.07, 6.45) is 0. The van der Waals surface area contributed by atoms with E-state index in [0.29, 0.717) is 16.2 Å². The Morgan fingerprint density at radius 2 is 2.00 bits per heavy atom. The van der Waals surface area contributed by atoms with Gasteiger partial charge in [-0.1, -0.05) is 18.2 Å². The molecule has 0 amide bonds. The van der Waals surface area contributed by atoms with Gasteiger partial charge in [0.1, 0.15) is 5.75 Å². The molecule has 0 aliphatic rings. The first-order valence-corrected chi connectivity index (χ1v) is 7.18. The van der Waals surface area contributed by atoms with E-state index in [-0.39, 0.29) is 5.75 Å². The van der Waals surface area contributed by atoms with E-state index in [1.54, 1.807) is 41.8 Å². The molecule has 1 heterocycles. The van der Waals surface area contributed by atoms with Crippen LogP contribution >= 0.6 is 11.3 Å². The molecule has 0 aliphatic carbocycles. The van der Waals surface area contributed by atoms with Gasteiger partial charge < -0.3 is 9.29 Å². The fourth-order valence-electron chi connectivity index (χ4n) is 1.37. The van der Waals surface area contributed by atoms with Gasteiger partial charge in [0.15, 0.2) is 0 Å². The number of hydrogen-bond donors (Lipinski definition) is 0. The second kappa shape index (κ2) is 5.90. The van der Waals surface area contributed by atoms with Crippen molar-refractivity contribution in [1.29, 1.82) is 0 Å². The molecule has 2 rings (SSSR count). The summed E-state index contributed by atoms with van der Waals surface area (Å²) >= 11 is -0.951. The molecule has 0 saturated carbocycles. The number of carbonyl (C=O) groups excluding carboxylic acids is 1. The molecule has 0 fully saturated rings. The monoisotopic (exact) mass is 281 g/mol. The lowest BCUT2D eigenvalue weighted by Gasteiger charge is -2.07. The van der Waals surface area contributed by atoms with E-state index in [9.17, 15) is 13.6 Å². The highest BCUT2D eigenvalue weighted by atomic mass is 32.2. The zero-order valence-corrected chi connectivity index (χ0v) is 10.8. The average molecular weight is 281 g/mol. The Morgan fingerprint density at radius 3 is 2.67 bits per heavy atom. The Bertz CT molecular complexity index is 562. The first-order chi connectivity index (χ1) is 8.66. The zero-order chi connectivity index (χ0) is 13.0. The van der Waals surface area contributed by atoms with Gasteiger partial charge in [-0.2, -0.15) is 0 Å². The SMILES string of the molecule is O=C(Oc1ccsc1CS(=O)[O-])c1ccccc1. The smallest absolute Gasteiger partial charge is 0.343 e. The maximum Gasteiger partial charge on any atom is 0.343 e. The normalized spacial score (nSPS) is 12.1. The molecule has 18 heavy (non-hydrogen) atoms. The Morgan fingerprint density at radius 1 is 1.28 bits per heavy atom. The first kappa shape index (κ1) is 12.9. The minimum atomic E-state index is -2.20. The van der Waals surface area contributed by atoms with Gasteiger partial charge in [0.25, 0.3) is 0 Å². The van der Waals surface area contributed by atoms with Crippen LogP contribution in [0.3, 0.4) is 0 Å². The highest BCUT2D eigenvalue weighted by Gasteiger charge is 2.12. The van der Waals surface area contributed by atoms with E-state index in [4.69, 9.17) is 4.74 Å². The van der Waals surface area contributed by atoms with Crippen LogP contribution in [0.25, 0.3) is 0 Å². The fraction of sp³-hybridized carbons (Fsp3) is 0.0833. The number of ether oxygens (including phenoxy) is 1. The molecule has 0 aliphatic heterocycles. The van der Waals surface area contributed by atoms with Crippen molar-refractivity contribution in [2.75, 3.05) is 0 Å². The Balaban J connectivity index is 2.13. The predicted octanol–water partition coefficient (Wildman–Crippen LogP) is 2.35. The van der Waals surface area contributed by atoms with E-state index >= 15 is 0 Å². The summed E-state index contributed by atoms with van der Waals surface area (Å²) in [6.45, 7) is 0. The van der Waals surface area contributed by atoms with E-state index in [1.165, 1.54) is 11.3 Å². The van der Waals surface area contributed by atoms with Crippen LogP contribution in [0.15, 0.2) is 41.8 Å². The van der Waals surface area contributed by atoms with Crippen LogP contribution in [0, 0.1) is 0 Å². The largest absolute Gasteiger partial charge is 0.772 e. The molecule has 1 atom stereocenters. The summed E-state index contributed by atoms with van der Waals surface area (Å²) in [5, 5.41) is 1.69. The van der Waals surface area contributed by atoms with Gasteiger partial charge in [-0.15, -0.1) is 11.3 Å². The summed E-state index contributed by atoms with van der Waals surface area (Å²) in [5.74, 6) is -0.334. The quantitative estimate of drug-likeness (QED) is 0.637. The van der Waals surface area contributed by atoms with Gasteiger partial charge >= 0.3 is 5.97 Å². The van der Waals surface area contributed by atoms with Crippen LogP contribution in [-0.4, -0.2) is 14.7 Å². The van der Waals surface area contributed by atoms with Crippen LogP contribution in [0.4, 0.5) is 0 Å². The van der Waals surface area contributed by atoms with Crippen molar-refractivity contribution < 1.29 is 18.3 Å². The molecule has 1 aromatic heterocycles. The summed E-state index contributed by atoms with van der Waals surface area (Å²) in [6, 6.07) is 10.1. The van der Waals surface area contributed by atoms with E-state index < -0.39 is 17.0 Å². The van der Waals surface area contributed by atoms with Crippen molar-refractivity contribution in [3.63, 3.8) is 0 Å². The first-order valence-electron chi connectivity index (χ1n) is 5.06. The Labute approximate surface area is 111 Å². The lowest BCUT2D eigenvalue weighted by molar-refractivity contribution is 0.0734. The van der Waals surface area contributed by atoms with Crippen molar-refractivity contribution in [2.45, 2.75) is 5.75 Å². The van der Waals surface area contributed by atoms with Gasteiger partial charge in [0.05, 0.1) is 10.4 Å². The number of esters is 1. The van der Waals surface area contributed by atoms with Crippen LogP contribution in [0.5, 0.6) is 5.75 Å². The predicted molar refractivity (Wildman–Crippen MR) is 68.3 cm³/mol. The summed E-state index contributed by atoms with van der Waals surface area (Å²) in [7, 11) is 0. The van der Waals surface area contributed by atoms with E-state index in [2.05, 4.69) is 0 Å². The molecule has 1 aromatic carbocycles. The second-order valence-electron chi connectivity index (χ2n) is 3.41. The minimum Gasteiger partial charge on any atom is -0.772 e. The lowest BCUT2D eigenvalue weighted by Crippen LogP contribution is -2.09. The summed E-state index contributed by atoms with van der Waals surface area (Å²) in [4.78, 5) is 12.3. The third-order valence-electron chi connectivity index (χ3n) is 2.17. The number of thiophene rings is 1. The van der Waals surface area contributed by atoms with Gasteiger partial charge in [-0.05, 0) is 34.7 Å². The second-order valence-corrected chi connectivity index (χ2v) is 5.31. The summed E-state index contributed by atoms with van der Waals surface area (Å²) < 4.78 is 26.5. The van der Waals surface area contributed by atoms with E-state index in [0.717, 1.165) is 0 Å². The number of benzene rings is 1. The third-order valence-corrected chi connectivity index (χ3v) is 3.77. The minimum absolute atomic E-state index is 0.144. The Kier molecular flexibility index (Phi) is 4.24. The maximum absolute atomic E-state index is 11.8. The third kappa shape index (κ3) is 3.25. The molecule has 94 valence electrons. The number of carbonyl (C=O) groups is 1. The molecule has 0 bridgehead atoms. The molecule has 0 radical (unpaired) electrons. The highest BCUT2D eigenvalue weighted by molar-refractivity contribution is 7.78. The molecular formula is C12H9O4S2-. The molecule has 0 saturated heterocycles. The van der Waals surface area contributed by atoms with Gasteiger partial charge in [0.2, 0.25) is 0 Å². The molecule has 2 aromatic rings. The van der Waals surface area contributed by atoms with Gasteiger partial charge in [-0.25, -0.2) is 4.79 Å². The highest BCUT2D eigenvalue weighted by Crippen LogP contribution is 2.26. The number of rotatable bonds is 4. The molecule has 6 heteroatoms.